The molecule has 1 fully saturated rings. The van der Waals surface area contributed by atoms with E-state index in [1.54, 1.807) is 0 Å². The highest BCUT2D eigenvalue weighted by Gasteiger charge is 2.27. The lowest BCUT2D eigenvalue weighted by Crippen LogP contribution is -2.42. The Labute approximate surface area is 102 Å². The van der Waals surface area contributed by atoms with Gasteiger partial charge < -0.3 is 15.3 Å². The number of nitrogens with one attached hydrogen (secondary N) is 1. The molecule has 0 radical (unpaired) electrons. The van der Waals surface area contributed by atoms with Crippen molar-refractivity contribution in [2.24, 2.45) is 5.92 Å². The van der Waals surface area contributed by atoms with Crippen LogP contribution in [0.5, 0.6) is 0 Å². The van der Waals surface area contributed by atoms with Crippen molar-refractivity contribution in [2.45, 2.75) is 25.4 Å². The third kappa shape index (κ3) is 3.14. The highest BCUT2D eigenvalue weighted by atomic mass is 16.3. The lowest BCUT2D eigenvalue weighted by atomic mass is 9.81. The maximum Gasteiger partial charge on any atom is 0.224 e. The number of aromatic nitrogens is 2. The minimum Gasteiger partial charge on any atom is -0.396 e. The zero-order valence-corrected chi connectivity index (χ0v) is 10.4. The van der Waals surface area contributed by atoms with E-state index in [-0.39, 0.29) is 0 Å². The summed E-state index contributed by atoms with van der Waals surface area (Å²) in [7, 11) is 3.85. The van der Waals surface area contributed by atoms with Crippen molar-refractivity contribution in [3.05, 3.63) is 18.0 Å². The third-order valence-electron chi connectivity index (χ3n) is 3.18. The standard InChI is InChI=1S/C12H20N4O/c1-16(2)12-14-6-10(7-15-12)5-13-11-3-9(4-11)8-17/h6-7,9,11,13,17H,3-5,8H2,1-2H3. The molecule has 94 valence electrons. The van der Waals surface area contributed by atoms with Gasteiger partial charge in [-0.2, -0.15) is 0 Å². The summed E-state index contributed by atoms with van der Waals surface area (Å²) in [6.07, 6.45) is 5.87. The summed E-state index contributed by atoms with van der Waals surface area (Å²) in [6.45, 7) is 1.12. The number of nitrogens with zero attached hydrogens (tertiary/aromatic N) is 3. The largest absolute Gasteiger partial charge is 0.396 e. The molecule has 0 amide bonds. The molecule has 1 aliphatic rings. The zero-order valence-electron chi connectivity index (χ0n) is 10.4. The third-order valence-corrected chi connectivity index (χ3v) is 3.18. The Morgan fingerprint density at radius 1 is 1.35 bits per heavy atom. The lowest BCUT2D eigenvalue weighted by molar-refractivity contribution is 0.126. The number of hydrogen-bond acceptors (Lipinski definition) is 5. The van der Waals surface area contributed by atoms with Crippen LogP contribution in [0.4, 0.5) is 5.95 Å². The van der Waals surface area contributed by atoms with Gasteiger partial charge in [0.05, 0.1) is 0 Å². The van der Waals surface area contributed by atoms with E-state index in [2.05, 4.69) is 15.3 Å². The molecule has 0 saturated heterocycles. The molecule has 1 aromatic rings. The molecule has 1 aliphatic carbocycles. The minimum absolute atomic E-state index is 0.318. The second-order valence-electron chi connectivity index (χ2n) is 4.88. The number of rotatable bonds is 5. The van der Waals surface area contributed by atoms with Crippen LogP contribution in [0.1, 0.15) is 18.4 Å². The molecule has 0 unspecified atom stereocenters. The second-order valence-corrected chi connectivity index (χ2v) is 4.88. The molecule has 17 heavy (non-hydrogen) atoms. The Hall–Kier alpha value is -1.20. The van der Waals surface area contributed by atoms with E-state index in [9.17, 15) is 0 Å². The van der Waals surface area contributed by atoms with Gasteiger partial charge in [0.2, 0.25) is 5.95 Å². The quantitative estimate of drug-likeness (QED) is 0.775. The number of aliphatic hydroxyl groups is 1. The van der Waals surface area contributed by atoms with Crippen molar-refractivity contribution in [3.63, 3.8) is 0 Å². The Kier molecular flexibility index (Phi) is 3.91. The first-order valence-electron chi connectivity index (χ1n) is 6.01. The SMILES string of the molecule is CN(C)c1ncc(CNC2CC(CO)C2)cn1. The summed E-state index contributed by atoms with van der Waals surface area (Å²) in [5, 5.41) is 12.4. The normalized spacial score (nSPS) is 23.2. The Morgan fingerprint density at radius 2 is 2.00 bits per heavy atom. The molecule has 2 rings (SSSR count). The topological polar surface area (TPSA) is 61.3 Å². The average Bonchev–Trinajstić information content (AvgIpc) is 2.28. The van der Waals surface area contributed by atoms with Crippen LogP contribution in [0, 0.1) is 5.92 Å². The van der Waals surface area contributed by atoms with Gasteiger partial charge in [0.1, 0.15) is 0 Å². The van der Waals surface area contributed by atoms with Crippen LogP contribution in [-0.2, 0) is 6.54 Å². The zero-order chi connectivity index (χ0) is 12.3. The van der Waals surface area contributed by atoms with E-state index in [1.165, 1.54) is 0 Å². The van der Waals surface area contributed by atoms with Gasteiger partial charge in [-0.3, -0.25) is 0 Å². The van der Waals surface area contributed by atoms with Gasteiger partial charge in [-0.05, 0) is 18.8 Å². The summed E-state index contributed by atoms with van der Waals surface area (Å²) in [6, 6.07) is 0.542. The van der Waals surface area contributed by atoms with E-state index in [0.717, 1.165) is 30.9 Å². The van der Waals surface area contributed by atoms with Gasteiger partial charge in [-0.1, -0.05) is 0 Å². The minimum atomic E-state index is 0.318. The molecule has 1 saturated carbocycles. The first kappa shape index (κ1) is 12.3. The fourth-order valence-electron chi connectivity index (χ4n) is 1.98. The van der Waals surface area contributed by atoms with Gasteiger partial charge >= 0.3 is 0 Å². The van der Waals surface area contributed by atoms with Crippen molar-refractivity contribution in [1.82, 2.24) is 15.3 Å². The summed E-state index contributed by atoms with van der Waals surface area (Å²) < 4.78 is 0. The first-order chi connectivity index (χ1) is 8.19. The van der Waals surface area contributed by atoms with Crippen molar-refractivity contribution in [2.75, 3.05) is 25.6 Å². The van der Waals surface area contributed by atoms with Crippen LogP contribution in [0.25, 0.3) is 0 Å². The summed E-state index contributed by atoms with van der Waals surface area (Å²) in [5.74, 6) is 1.23. The Bertz CT molecular complexity index is 346. The fourth-order valence-corrected chi connectivity index (χ4v) is 1.98. The molecule has 2 N–H and O–H groups in total. The molecule has 0 aromatic carbocycles. The molecule has 5 heteroatoms. The van der Waals surface area contributed by atoms with Crippen LogP contribution in [0.15, 0.2) is 12.4 Å². The van der Waals surface area contributed by atoms with E-state index >= 15 is 0 Å². The molecule has 0 bridgehead atoms. The van der Waals surface area contributed by atoms with Gasteiger partial charge in [0.25, 0.3) is 0 Å². The molecule has 0 atom stereocenters. The van der Waals surface area contributed by atoms with E-state index in [0.29, 0.717) is 18.6 Å². The summed E-state index contributed by atoms with van der Waals surface area (Å²) >= 11 is 0. The van der Waals surface area contributed by atoms with Crippen LogP contribution in [0.3, 0.4) is 0 Å². The number of aliphatic hydroxyl groups excluding tert-OH is 1. The van der Waals surface area contributed by atoms with E-state index in [1.807, 2.05) is 31.4 Å². The predicted octanol–water partition coefficient (Wildman–Crippen LogP) is 0.403. The van der Waals surface area contributed by atoms with Crippen LogP contribution >= 0.6 is 0 Å². The van der Waals surface area contributed by atoms with Crippen molar-refractivity contribution < 1.29 is 5.11 Å². The number of anilines is 1. The summed E-state index contributed by atoms with van der Waals surface area (Å²) in [5.41, 5.74) is 1.10. The van der Waals surface area contributed by atoms with Gasteiger partial charge in [-0.15, -0.1) is 0 Å². The maximum atomic E-state index is 8.92. The molecule has 5 nitrogen and oxygen atoms in total. The average molecular weight is 236 g/mol. The highest BCUT2D eigenvalue weighted by molar-refractivity contribution is 5.26. The van der Waals surface area contributed by atoms with Crippen molar-refractivity contribution in [3.8, 4) is 0 Å². The molecule has 1 aromatic heterocycles. The number of hydrogen-bond donors (Lipinski definition) is 2. The first-order valence-corrected chi connectivity index (χ1v) is 6.01. The van der Waals surface area contributed by atoms with Gasteiger partial charge in [0, 0.05) is 51.2 Å². The van der Waals surface area contributed by atoms with Crippen LogP contribution < -0.4 is 10.2 Å². The second kappa shape index (κ2) is 5.42. The monoisotopic (exact) mass is 236 g/mol. The summed E-state index contributed by atoms with van der Waals surface area (Å²) in [4.78, 5) is 10.4. The van der Waals surface area contributed by atoms with Crippen molar-refractivity contribution in [1.29, 1.82) is 0 Å². The lowest BCUT2D eigenvalue weighted by Gasteiger charge is -2.34. The Balaban J connectivity index is 1.76. The molecule has 0 spiro atoms. The fraction of sp³-hybridized carbons (Fsp3) is 0.667. The van der Waals surface area contributed by atoms with Crippen LogP contribution in [-0.4, -0.2) is 41.8 Å². The maximum absolute atomic E-state index is 8.92. The Morgan fingerprint density at radius 3 is 2.53 bits per heavy atom. The highest BCUT2D eigenvalue weighted by Crippen LogP contribution is 2.26. The van der Waals surface area contributed by atoms with Crippen molar-refractivity contribution >= 4 is 5.95 Å². The van der Waals surface area contributed by atoms with Crippen LogP contribution in [0.2, 0.25) is 0 Å². The molecule has 1 heterocycles. The molecular formula is C12H20N4O. The predicted molar refractivity (Wildman–Crippen MR) is 66.8 cm³/mol. The van der Waals surface area contributed by atoms with E-state index < -0.39 is 0 Å². The van der Waals surface area contributed by atoms with Gasteiger partial charge in [-0.25, -0.2) is 9.97 Å². The molecule has 0 aliphatic heterocycles. The smallest absolute Gasteiger partial charge is 0.224 e. The van der Waals surface area contributed by atoms with Gasteiger partial charge in [0.15, 0.2) is 0 Å². The van der Waals surface area contributed by atoms with E-state index in [4.69, 9.17) is 5.11 Å². The molecular weight excluding hydrogens is 216 g/mol.